The van der Waals surface area contributed by atoms with Crippen molar-refractivity contribution in [1.82, 2.24) is 0 Å². The molecule has 9 heteroatoms. The van der Waals surface area contributed by atoms with Crippen LogP contribution in [0.3, 0.4) is 0 Å². The van der Waals surface area contributed by atoms with Crippen LogP contribution in [0.15, 0.2) is 0 Å². The molecule has 0 aromatic rings. The first-order valence-electron chi connectivity index (χ1n) is 2.86. The Morgan fingerprint density at radius 1 is 0.312 bits per heavy atom. The molecule has 0 aromatic heterocycles. The Hall–Kier alpha value is 0.469. The molecule has 16 heavy (non-hydrogen) atoms. The maximum Gasteiger partial charge on any atom is 4.00 e. The normalized spacial score (nSPS) is 2.62. The molecule has 0 unspecified atom stereocenters. The third kappa shape index (κ3) is 11900. The first-order valence-corrected chi connectivity index (χ1v) is 2.86. The maximum absolute atomic E-state index is 8.25. The van der Waals surface area contributed by atoms with Crippen molar-refractivity contribution in [2.75, 3.05) is 49.8 Å². The SMILES string of the molecule is C[O-].C[O-].C[O-].C[O-].C[O-].C[O-].C[O-].[Al+3].[Si+4]. The van der Waals surface area contributed by atoms with Gasteiger partial charge in [-0.15, -0.1) is 0 Å². The standard InChI is InChI=1S/7CH3O.Al.Si/c7*1-2;;/h7*1H3;;/q7*-1;+3;+4. The van der Waals surface area contributed by atoms with E-state index in [4.69, 9.17) is 35.7 Å². The van der Waals surface area contributed by atoms with Crippen LogP contribution in [-0.4, -0.2) is 78.1 Å². The zero-order chi connectivity index (χ0) is 14.0. The summed E-state index contributed by atoms with van der Waals surface area (Å²) in [6, 6.07) is 0. The molecule has 0 atom stereocenters. The zero-order valence-electron chi connectivity index (χ0n) is 10.9. The van der Waals surface area contributed by atoms with Crippen molar-refractivity contribution in [3.05, 3.63) is 0 Å². The molecule has 0 amide bonds. The van der Waals surface area contributed by atoms with Crippen molar-refractivity contribution >= 4 is 28.3 Å². The Labute approximate surface area is 114 Å². The average molecular weight is 272 g/mol. The molecule has 0 fully saturated rings. The van der Waals surface area contributed by atoms with Crippen molar-refractivity contribution in [3.8, 4) is 0 Å². The van der Waals surface area contributed by atoms with E-state index in [2.05, 4.69) is 0 Å². The molecule has 98 valence electrons. The minimum Gasteiger partial charge on any atom is -0.857 e. The van der Waals surface area contributed by atoms with Crippen LogP contribution in [0.2, 0.25) is 0 Å². The minimum absolute atomic E-state index is 0. The minimum atomic E-state index is 0. The van der Waals surface area contributed by atoms with Crippen LogP contribution in [-0.2, 0) is 0 Å². The molecule has 0 heterocycles. The van der Waals surface area contributed by atoms with Crippen LogP contribution in [0.1, 0.15) is 0 Å². The molecule has 0 aliphatic heterocycles. The monoisotopic (exact) mass is 272 g/mol. The van der Waals surface area contributed by atoms with Crippen LogP contribution >= 0.6 is 0 Å². The summed E-state index contributed by atoms with van der Waals surface area (Å²) in [5.41, 5.74) is 0. The smallest absolute Gasteiger partial charge is 0.857 e. The van der Waals surface area contributed by atoms with Gasteiger partial charge in [-0.3, -0.25) is 0 Å². The molecule has 0 radical (unpaired) electrons. The number of hydrogen-bond acceptors (Lipinski definition) is 7. The predicted octanol–water partition coefficient (Wildman–Crippen LogP) is -7.93. The third-order valence-corrected chi connectivity index (χ3v) is 0. The first-order chi connectivity index (χ1) is 7.00. The van der Waals surface area contributed by atoms with E-state index in [0.29, 0.717) is 0 Å². The summed E-state index contributed by atoms with van der Waals surface area (Å²) in [6.07, 6.45) is 0. The molecule has 0 aliphatic rings. The summed E-state index contributed by atoms with van der Waals surface area (Å²) < 4.78 is 0. The van der Waals surface area contributed by atoms with Gasteiger partial charge in [-0.25, -0.2) is 0 Å². The van der Waals surface area contributed by atoms with Crippen molar-refractivity contribution in [2.45, 2.75) is 0 Å². The fraction of sp³-hybridized carbons (Fsp3) is 1.00. The summed E-state index contributed by atoms with van der Waals surface area (Å²) in [5, 5.41) is 57.8. The molecule has 0 spiro atoms. The van der Waals surface area contributed by atoms with E-state index in [1.807, 2.05) is 0 Å². The van der Waals surface area contributed by atoms with Gasteiger partial charge in [-0.2, -0.15) is 49.8 Å². The van der Waals surface area contributed by atoms with Gasteiger partial charge in [-0.05, 0) is 0 Å². The maximum atomic E-state index is 8.25. The molecule has 0 aromatic carbocycles. The van der Waals surface area contributed by atoms with Gasteiger partial charge in [-0.1, -0.05) is 0 Å². The summed E-state index contributed by atoms with van der Waals surface area (Å²) in [7, 11) is 5.25. The average Bonchev–Trinajstić information content (AvgIpc) is 2.45. The van der Waals surface area contributed by atoms with Crippen molar-refractivity contribution < 1.29 is 35.7 Å². The van der Waals surface area contributed by atoms with Gasteiger partial charge < -0.3 is 35.7 Å². The van der Waals surface area contributed by atoms with Crippen LogP contribution in [0.25, 0.3) is 0 Å². The Morgan fingerprint density at radius 2 is 0.312 bits per heavy atom. The van der Waals surface area contributed by atoms with E-state index in [9.17, 15) is 0 Å². The second-order valence-electron chi connectivity index (χ2n) is 0. The molecule has 7 nitrogen and oxygen atoms in total. The van der Waals surface area contributed by atoms with Crippen molar-refractivity contribution in [3.63, 3.8) is 0 Å². The van der Waals surface area contributed by atoms with Gasteiger partial charge >= 0.3 is 28.3 Å². The van der Waals surface area contributed by atoms with Gasteiger partial charge in [0.1, 0.15) is 0 Å². The zero-order valence-corrected chi connectivity index (χ0v) is 13.1. The van der Waals surface area contributed by atoms with Crippen LogP contribution in [0.5, 0.6) is 0 Å². The van der Waals surface area contributed by atoms with E-state index in [1.54, 1.807) is 0 Å². The Kier molecular flexibility index (Phi) is 64900. The molecule has 0 saturated carbocycles. The number of hydrogen-bond donors (Lipinski definition) is 0. The summed E-state index contributed by atoms with van der Waals surface area (Å²) >= 11 is 0. The molecule has 0 saturated heterocycles. The van der Waals surface area contributed by atoms with E-state index < -0.39 is 0 Å². The summed E-state index contributed by atoms with van der Waals surface area (Å²) in [5.74, 6) is 0. The van der Waals surface area contributed by atoms with Crippen LogP contribution in [0.4, 0.5) is 0 Å². The predicted molar refractivity (Wildman–Crippen MR) is 53.0 cm³/mol. The second kappa shape index (κ2) is 14700. The molecule has 0 aliphatic carbocycles. The fourth-order valence-electron chi connectivity index (χ4n) is 0. The van der Waals surface area contributed by atoms with E-state index >= 15 is 0 Å². The fourth-order valence-corrected chi connectivity index (χ4v) is 0. The Morgan fingerprint density at radius 3 is 0.312 bits per heavy atom. The topological polar surface area (TPSA) is 161 Å². The molecule has 0 rings (SSSR count). The Balaban J connectivity index is -0.00000000500. The van der Waals surface area contributed by atoms with E-state index in [-0.39, 0.29) is 28.3 Å². The van der Waals surface area contributed by atoms with E-state index in [1.165, 1.54) is 0 Å². The second-order valence-corrected chi connectivity index (χ2v) is 0. The van der Waals surface area contributed by atoms with Gasteiger partial charge in [0.25, 0.3) is 0 Å². The number of rotatable bonds is 0. The van der Waals surface area contributed by atoms with E-state index in [0.717, 1.165) is 49.8 Å². The molecular formula is C7H21AlO7Si. The van der Waals surface area contributed by atoms with Crippen molar-refractivity contribution in [2.24, 2.45) is 0 Å². The molecule has 0 N–H and O–H groups in total. The van der Waals surface area contributed by atoms with Crippen molar-refractivity contribution in [1.29, 1.82) is 0 Å². The quantitative estimate of drug-likeness (QED) is 0.395. The summed E-state index contributed by atoms with van der Waals surface area (Å²) in [4.78, 5) is 0. The van der Waals surface area contributed by atoms with Crippen LogP contribution in [0, 0.1) is 0 Å². The molecular weight excluding hydrogens is 251 g/mol. The largest absolute Gasteiger partial charge is 4.00 e. The van der Waals surface area contributed by atoms with Gasteiger partial charge in [0, 0.05) is 0 Å². The molecule has 0 bridgehead atoms. The third-order valence-electron chi connectivity index (χ3n) is 0. The Bertz CT molecular complexity index is 24.7. The van der Waals surface area contributed by atoms with Crippen LogP contribution < -0.4 is 35.7 Å². The summed E-state index contributed by atoms with van der Waals surface area (Å²) in [6.45, 7) is 0. The van der Waals surface area contributed by atoms with Gasteiger partial charge in [0.2, 0.25) is 0 Å². The van der Waals surface area contributed by atoms with Gasteiger partial charge in [0.15, 0.2) is 0 Å². The first kappa shape index (κ1) is 70.6. The van der Waals surface area contributed by atoms with Gasteiger partial charge in [0.05, 0.1) is 0 Å².